The van der Waals surface area contributed by atoms with Crippen LogP contribution in [0, 0.1) is 0 Å². The van der Waals surface area contributed by atoms with Gasteiger partial charge in [-0.2, -0.15) is 0 Å². The number of unbranched alkanes of at least 4 members (excludes halogenated alkanes) is 13. The summed E-state index contributed by atoms with van der Waals surface area (Å²) in [5, 5.41) is 71.3. The van der Waals surface area contributed by atoms with Gasteiger partial charge in [-0.25, -0.2) is 0 Å². The Bertz CT molecular complexity index is 834. The van der Waals surface area contributed by atoms with Crippen molar-refractivity contribution in [3.8, 4) is 0 Å². The molecule has 14 nitrogen and oxygen atoms in total. The van der Waals surface area contributed by atoms with E-state index in [4.69, 9.17) is 28.4 Å². The van der Waals surface area contributed by atoms with Crippen molar-refractivity contribution < 1.29 is 69.0 Å². The normalized spacial score (nSPS) is 31.1. The summed E-state index contributed by atoms with van der Waals surface area (Å²) in [4.78, 5) is 12.7. The zero-order chi connectivity index (χ0) is 36.0. The maximum atomic E-state index is 12.7. The summed E-state index contributed by atoms with van der Waals surface area (Å²) < 4.78 is 33.8. The van der Waals surface area contributed by atoms with Gasteiger partial charge in [0, 0.05) is 13.0 Å². The molecule has 0 aliphatic carbocycles. The number of esters is 1. The molecular formula is C35H66O14. The van der Waals surface area contributed by atoms with Crippen molar-refractivity contribution in [2.75, 3.05) is 33.0 Å². The number of aliphatic hydroxyl groups is 7. The smallest absolute Gasteiger partial charge is 0.306 e. The number of carbonyl (C=O) groups excluding carboxylic acids is 1. The first kappa shape index (κ1) is 44.2. The van der Waals surface area contributed by atoms with E-state index in [0.29, 0.717) is 13.0 Å². The Labute approximate surface area is 292 Å². The Hall–Kier alpha value is -1.01. The van der Waals surface area contributed by atoms with Gasteiger partial charge < -0.3 is 64.2 Å². The van der Waals surface area contributed by atoms with Gasteiger partial charge >= 0.3 is 5.97 Å². The highest BCUT2D eigenvalue weighted by Crippen LogP contribution is 2.26. The lowest BCUT2D eigenvalue weighted by Gasteiger charge is -2.42. The van der Waals surface area contributed by atoms with Crippen LogP contribution in [0.25, 0.3) is 0 Å². The molecule has 0 aromatic heterocycles. The Morgan fingerprint density at radius 3 is 1.65 bits per heavy atom. The van der Waals surface area contributed by atoms with Gasteiger partial charge in [0.05, 0.1) is 26.4 Å². The number of rotatable bonds is 27. The van der Waals surface area contributed by atoms with Crippen LogP contribution in [0.1, 0.15) is 117 Å². The van der Waals surface area contributed by atoms with Gasteiger partial charge in [0.25, 0.3) is 0 Å². The molecular weight excluding hydrogens is 644 g/mol. The summed E-state index contributed by atoms with van der Waals surface area (Å²) in [6.07, 6.45) is 0.888. The van der Waals surface area contributed by atoms with Gasteiger partial charge in [-0.3, -0.25) is 4.79 Å². The maximum Gasteiger partial charge on any atom is 0.306 e. The van der Waals surface area contributed by atoms with Crippen LogP contribution in [-0.2, 0) is 33.2 Å². The summed E-state index contributed by atoms with van der Waals surface area (Å²) in [6, 6.07) is 0. The Kier molecular flexibility index (Phi) is 23.3. The van der Waals surface area contributed by atoms with Crippen LogP contribution in [0.4, 0.5) is 0 Å². The van der Waals surface area contributed by atoms with Gasteiger partial charge in [-0.1, -0.05) is 97.3 Å². The highest BCUT2D eigenvalue weighted by Gasteiger charge is 2.47. The van der Waals surface area contributed by atoms with Crippen molar-refractivity contribution in [1.82, 2.24) is 0 Å². The van der Waals surface area contributed by atoms with Crippen LogP contribution < -0.4 is 0 Å². The fourth-order valence-electron chi connectivity index (χ4n) is 5.93. The number of hydrogen-bond donors (Lipinski definition) is 7. The van der Waals surface area contributed by atoms with Gasteiger partial charge in [0.15, 0.2) is 12.6 Å². The first-order valence-corrected chi connectivity index (χ1v) is 18.6. The average Bonchev–Trinajstić information content (AvgIpc) is 3.09. The van der Waals surface area contributed by atoms with E-state index in [-0.39, 0.29) is 25.6 Å². The number of aliphatic hydroxyl groups excluding tert-OH is 7. The Balaban J connectivity index is 1.88. The molecule has 0 aromatic rings. The maximum absolute atomic E-state index is 12.7. The largest absolute Gasteiger partial charge is 0.457 e. The van der Waals surface area contributed by atoms with Crippen molar-refractivity contribution in [2.45, 2.75) is 184 Å². The monoisotopic (exact) mass is 710 g/mol. The molecule has 0 saturated carbocycles. The second-order valence-electron chi connectivity index (χ2n) is 13.4. The highest BCUT2D eigenvalue weighted by atomic mass is 16.7. The van der Waals surface area contributed by atoms with E-state index < -0.39 is 80.7 Å². The molecule has 11 unspecified atom stereocenters. The molecule has 7 N–H and O–H groups in total. The van der Waals surface area contributed by atoms with Crippen LogP contribution in [0.2, 0.25) is 0 Å². The predicted molar refractivity (Wildman–Crippen MR) is 178 cm³/mol. The summed E-state index contributed by atoms with van der Waals surface area (Å²) >= 11 is 0. The molecule has 0 amide bonds. The van der Waals surface area contributed by atoms with E-state index in [2.05, 4.69) is 13.8 Å². The topological polar surface area (TPSA) is 214 Å². The summed E-state index contributed by atoms with van der Waals surface area (Å²) in [7, 11) is 0. The summed E-state index contributed by atoms with van der Waals surface area (Å²) in [6.45, 7) is 3.57. The van der Waals surface area contributed by atoms with Gasteiger partial charge in [0.2, 0.25) is 0 Å². The zero-order valence-corrected chi connectivity index (χ0v) is 29.7. The third kappa shape index (κ3) is 16.5. The Morgan fingerprint density at radius 2 is 1.08 bits per heavy atom. The molecule has 49 heavy (non-hydrogen) atoms. The number of hydrogen-bond acceptors (Lipinski definition) is 14. The van der Waals surface area contributed by atoms with Crippen molar-refractivity contribution in [1.29, 1.82) is 0 Å². The SMILES string of the molecule is CCCCCCCCCCCOCC(COC1OC(COC2OC(CO)C(O)C(O)C2O)C(O)C(O)C1O)OC(=O)CCCCCCCC. The molecule has 2 fully saturated rings. The summed E-state index contributed by atoms with van der Waals surface area (Å²) in [5.74, 6) is -0.387. The van der Waals surface area contributed by atoms with Gasteiger partial charge in [0.1, 0.15) is 54.9 Å². The highest BCUT2D eigenvalue weighted by molar-refractivity contribution is 5.69. The summed E-state index contributed by atoms with van der Waals surface area (Å²) in [5.41, 5.74) is 0. The lowest BCUT2D eigenvalue weighted by atomic mass is 9.98. The van der Waals surface area contributed by atoms with Crippen molar-refractivity contribution in [3.63, 3.8) is 0 Å². The Morgan fingerprint density at radius 1 is 0.592 bits per heavy atom. The third-order valence-corrected chi connectivity index (χ3v) is 9.12. The molecule has 0 bridgehead atoms. The lowest BCUT2D eigenvalue weighted by molar-refractivity contribution is -0.332. The van der Waals surface area contributed by atoms with Crippen LogP contribution in [0.15, 0.2) is 0 Å². The second kappa shape index (κ2) is 25.9. The van der Waals surface area contributed by atoms with Crippen molar-refractivity contribution >= 4 is 5.97 Å². The van der Waals surface area contributed by atoms with E-state index >= 15 is 0 Å². The van der Waals surface area contributed by atoms with Crippen LogP contribution in [0.3, 0.4) is 0 Å². The van der Waals surface area contributed by atoms with E-state index in [9.17, 15) is 40.5 Å². The molecule has 0 aromatic carbocycles. The molecule has 0 radical (unpaired) electrons. The first-order chi connectivity index (χ1) is 23.6. The molecule has 2 aliphatic heterocycles. The van der Waals surface area contributed by atoms with E-state index in [1.165, 1.54) is 44.9 Å². The second-order valence-corrected chi connectivity index (χ2v) is 13.4. The van der Waals surface area contributed by atoms with Gasteiger partial charge in [-0.15, -0.1) is 0 Å². The standard InChI is InChI=1S/C35H66O14/c1-3-5-7-9-11-12-13-15-17-19-44-21-24(47-27(37)18-16-14-10-8-6-4-2)22-45-34-33(43)31(41)29(39)26(49-34)23-46-35-32(42)30(40)28(38)25(20-36)48-35/h24-26,28-36,38-43H,3-23H2,1-2H3. The number of carbonyl (C=O) groups is 1. The quantitative estimate of drug-likeness (QED) is 0.0479. The molecule has 14 heteroatoms. The molecule has 2 saturated heterocycles. The van der Waals surface area contributed by atoms with Crippen molar-refractivity contribution in [3.05, 3.63) is 0 Å². The molecule has 2 heterocycles. The zero-order valence-electron chi connectivity index (χ0n) is 29.7. The lowest BCUT2D eigenvalue weighted by Crippen LogP contribution is -2.61. The van der Waals surface area contributed by atoms with Crippen LogP contribution in [0.5, 0.6) is 0 Å². The minimum atomic E-state index is -1.70. The first-order valence-electron chi connectivity index (χ1n) is 18.6. The molecule has 2 rings (SSSR count). The predicted octanol–water partition coefficient (Wildman–Crippen LogP) is 1.84. The van der Waals surface area contributed by atoms with Gasteiger partial charge in [-0.05, 0) is 12.8 Å². The molecule has 11 atom stereocenters. The average molecular weight is 711 g/mol. The van der Waals surface area contributed by atoms with Crippen LogP contribution in [-0.4, -0.2) is 142 Å². The minimum Gasteiger partial charge on any atom is -0.457 e. The molecule has 0 spiro atoms. The number of ether oxygens (including phenoxy) is 6. The van der Waals surface area contributed by atoms with Crippen LogP contribution >= 0.6 is 0 Å². The minimum absolute atomic E-state index is 0.0664. The molecule has 2 aliphatic rings. The fourth-order valence-corrected chi connectivity index (χ4v) is 5.93. The van der Waals surface area contributed by atoms with E-state index in [1.54, 1.807) is 0 Å². The van der Waals surface area contributed by atoms with Crippen molar-refractivity contribution in [2.24, 2.45) is 0 Å². The van der Waals surface area contributed by atoms with E-state index in [1.807, 2.05) is 0 Å². The molecule has 290 valence electrons. The fraction of sp³-hybridized carbons (Fsp3) is 0.971. The van der Waals surface area contributed by atoms with E-state index in [0.717, 1.165) is 44.9 Å². The third-order valence-electron chi connectivity index (χ3n) is 9.12.